The minimum atomic E-state index is -3.84. The normalized spacial score (nSPS) is 30.4. The molecule has 7 nitrogen and oxygen atoms in total. The van der Waals surface area contributed by atoms with E-state index in [1.807, 2.05) is 0 Å². The maximum absolute atomic E-state index is 12.9. The molecule has 0 saturated heterocycles. The SMILES string of the molecule is COc1cc([N+](=O)[O-])ccc1S(=O)(=O)N[C@@H]1C[C@H]2CC[C@@]1(C)C2(C)C. The van der Waals surface area contributed by atoms with Gasteiger partial charge in [0.1, 0.15) is 10.6 Å². The molecule has 2 aliphatic rings. The first-order valence-corrected chi connectivity index (χ1v) is 9.86. The highest BCUT2D eigenvalue weighted by molar-refractivity contribution is 7.89. The lowest BCUT2D eigenvalue weighted by molar-refractivity contribution is -0.385. The zero-order chi connectivity index (χ0) is 18.6. The molecule has 3 atom stereocenters. The molecule has 138 valence electrons. The molecule has 0 heterocycles. The van der Waals surface area contributed by atoms with Gasteiger partial charge in [0.15, 0.2) is 0 Å². The minimum Gasteiger partial charge on any atom is -0.495 e. The monoisotopic (exact) mass is 368 g/mol. The number of ether oxygens (including phenoxy) is 1. The summed E-state index contributed by atoms with van der Waals surface area (Å²) in [4.78, 5) is 10.3. The maximum atomic E-state index is 12.9. The molecular formula is C17H24N2O5S. The number of nitrogens with one attached hydrogen (secondary N) is 1. The maximum Gasteiger partial charge on any atom is 0.273 e. The van der Waals surface area contributed by atoms with Crippen LogP contribution in [0.3, 0.4) is 0 Å². The van der Waals surface area contributed by atoms with Gasteiger partial charge in [-0.05, 0) is 42.1 Å². The lowest BCUT2D eigenvalue weighted by Gasteiger charge is -2.39. The molecule has 0 radical (unpaired) electrons. The molecule has 1 aromatic carbocycles. The topological polar surface area (TPSA) is 98.5 Å². The second-order valence-corrected chi connectivity index (χ2v) is 9.56. The van der Waals surface area contributed by atoms with Crippen molar-refractivity contribution in [3.63, 3.8) is 0 Å². The third kappa shape index (κ3) is 2.62. The Morgan fingerprint density at radius 3 is 2.48 bits per heavy atom. The zero-order valence-electron chi connectivity index (χ0n) is 14.9. The molecule has 1 aromatic rings. The Kier molecular flexibility index (Phi) is 4.11. The second-order valence-electron chi connectivity index (χ2n) is 7.88. The van der Waals surface area contributed by atoms with E-state index < -0.39 is 14.9 Å². The van der Waals surface area contributed by atoms with Crippen molar-refractivity contribution in [2.45, 2.75) is 51.0 Å². The van der Waals surface area contributed by atoms with Crippen LogP contribution in [0.25, 0.3) is 0 Å². The van der Waals surface area contributed by atoms with E-state index in [1.165, 1.54) is 19.2 Å². The van der Waals surface area contributed by atoms with E-state index in [0.29, 0.717) is 5.92 Å². The molecule has 2 aliphatic carbocycles. The van der Waals surface area contributed by atoms with E-state index >= 15 is 0 Å². The first kappa shape index (κ1) is 18.1. The van der Waals surface area contributed by atoms with Crippen LogP contribution in [-0.4, -0.2) is 26.5 Å². The molecule has 0 aliphatic heterocycles. The molecule has 1 N–H and O–H groups in total. The number of sulfonamides is 1. The van der Waals surface area contributed by atoms with Gasteiger partial charge in [0, 0.05) is 12.1 Å². The summed E-state index contributed by atoms with van der Waals surface area (Å²) in [7, 11) is -2.53. The highest BCUT2D eigenvalue weighted by atomic mass is 32.2. The molecule has 3 rings (SSSR count). The molecule has 2 bridgehead atoms. The Balaban J connectivity index is 1.93. The highest BCUT2D eigenvalue weighted by Crippen LogP contribution is 2.65. The number of nitro groups is 1. The molecule has 0 unspecified atom stereocenters. The van der Waals surface area contributed by atoms with Crippen molar-refractivity contribution in [3.05, 3.63) is 28.3 Å². The van der Waals surface area contributed by atoms with Gasteiger partial charge in [0.05, 0.1) is 18.1 Å². The minimum absolute atomic E-state index is 0.0192. The Bertz CT molecular complexity index is 820. The summed E-state index contributed by atoms with van der Waals surface area (Å²) in [5, 5.41) is 10.9. The van der Waals surface area contributed by atoms with Crippen molar-refractivity contribution >= 4 is 15.7 Å². The largest absolute Gasteiger partial charge is 0.495 e. The summed E-state index contributed by atoms with van der Waals surface area (Å²) >= 11 is 0. The number of hydrogen-bond acceptors (Lipinski definition) is 5. The molecule has 0 spiro atoms. The summed E-state index contributed by atoms with van der Waals surface area (Å²) < 4.78 is 33.8. The van der Waals surface area contributed by atoms with Crippen LogP contribution in [0.4, 0.5) is 5.69 Å². The van der Waals surface area contributed by atoms with Crippen LogP contribution in [0, 0.1) is 26.9 Å². The van der Waals surface area contributed by atoms with E-state index in [2.05, 4.69) is 25.5 Å². The van der Waals surface area contributed by atoms with Crippen LogP contribution in [0.2, 0.25) is 0 Å². The van der Waals surface area contributed by atoms with Gasteiger partial charge in [-0.2, -0.15) is 0 Å². The van der Waals surface area contributed by atoms with Crippen LogP contribution in [-0.2, 0) is 10.0 Å². The summed E-state index contributed by atoms with van der Waals surface area (Å²) in [6, 6.07) is 3.41. The number of hydrogen-bond donors (Lipinski definition) is 1. The fourth-order valence-corrected chi connectivity index (χ4v) is 6.14. The van der Waals surface area contributed by atoms with Crippen LogP contribution in [0.1, 0.15) is 40.0 Å². The average molecular weight is 368 g/mol. The van der Waals surface area contributed by atoms with Crippen LogP contribution < -0.4 is 9.46 Å². The molecule has 2 fully saturated rings. The van der Waals surface area contributed by atoms with Crippen molar-refractivity contribution in [2.24, 2.45) is 16.7 Å². The summed E-state index contributed by atoms with van der Waals surface area (Å²) in [6.07, 6.45) is 2.94. The van der Waals surface area contributed by atoms with E-state index in [4.69, 9.17) is 4.74 Å². The summed E-state index contributed by atoms with van der Waals surface area (Å²) in [5.41, 5.74) is -0.220. The Labute approximate surface area is 148 Å². The van der Waals surface area contributed by atoms with Crippen molar-refractivity contribution in [1.29, 1.82) is 0 Å². The number of non-ortho nitro benzene ring substituents is 1. The highest BCUT2D eigenvalue weighted by Gasteiger charge is 2.62. The predicted octanol–water partition coefficient (Wildman–Crippen LogP) is 3.10. The number of nitro benzene ring substituents is 1. The first-order chi connectivity index (χ1) is 11.5. The lowest BCUT2D eigenvalue weighted by atomic mass is 9.69. The third-order valence-corrected chi connectivity index (χ3v) is 8.25. The molecule has 0 aromatic heterocycles. The van der Waals surface area contributed by atoms with Crippen molar-refractivity contribution < 1.29 is 18.1 Å². The van der Waals surface area contributed by atoms with Crippen molar-refractivity contribution in [3.8, 4) is 5.75 Å². The predicted molar refractivity (Wildman–Crippen MR) is 93.0 cm³/mol. The van der Waals surface area contributed by atoms with E-state index in [0.717, 1.165) is 25.3 Å². The second kappa shape index (κ2) is 5.67. The van der Waals surface area contributed by atoms with Crippen LogP contribution >= 0.6 is 0 Å². The average Bonchev–Trinajstić information content (AvgIpc) is 2.87. The number of methoxy groups -OCH3 is 1. The smallest absolute Gasteiger partial charge is 0.273 e. The number of rotatable bonds is 5. The Morgan fingerprint density at radius 2 is 2.00 bits per heavy atom. The first-order valence-electron chi connectivity index (χ1n) is 8.38. The van der Waals surface area contributed by atoms with Gasteiger partial charge >= 0.3 is 0 Å². The quantitative estimate of drug-likeness (QED) is 0.636. The molecule has 8 heteroatoms. The number of benzene rings is 1. The van der Waals surface area contributed by atoms with Gasteiger partial charge in [0.25, 0.3) is 5.69 Å². The standard InChI is InChI=1S/C17H24N2O5S/c1-16(2)11-7-8-17(16,3)15(9-11)18-25(22,23)14-6-5-12(19(20)21)10-13(14)24-4/h5-6,10-11,15,18H,7-9H2,1-4H3/t11-,15-,17-/m1/s1. The summed E-state index contributed by atoms with van der Waals surface area (Å²) in [6.45, 7) is 6.58. The fourth-order valence-electron chi connectivity index (χ4n) is 4.62. The molecule has 2 saturated carbocycles. The fraction of sp³-hybridized carbons (Fsp3) is 0.647. The molecular weight excluding hydrogens is 344 g/mol. The van der Waals surface area contributed by atoms with Crippen LogP contribution in [0.15, 0.2) is 23.1 Å². The van der Waals surface area contributed by atoms with Crippen molar-refractivity contribution in [2.75, 3.05) is 7.11 Å². The Morgan fingerprint density at radius 1 is 1.32 bits per heavy atom. The van der Waals surface area contributed by atoms with E-state index in [9.17, 15) is 18.5 Å². The van der Waals surface area contributed by atoms with Crippen LogP contribution in [0.5, 0.6) is 5.75 Å². The van der Waals surface area contributed by atoms with E-state index in [1.54, 1.807) is 0 Å². The number of nitrogens with zero attached hydrogens (tertiary/aromatic N) is 1. The molecule has 0 amide bonds. The van der Waals surface area contributed by atoms with Gasteiger partial charge < -0.3 is 4.74 Å². The number of fused-ring (bicyclic) bond motifs is 2. The third-order valence-electron chi connectivity index (χ3n) is 6.74. The Hall–Kier alpha value is -1.67. The zero-order valence-corrected chi connectivity index (χ0v) is 15.7. The van der Waals surface area contributed by atoms with Gasteiger partial charge in [0.2, 0.25) is 10.0 Å². The summed E-state index contributed by atoms with van der Waals surface area (Å²) in [5.74, 6) is 0.484. The van der Waals surface area contributed by atoms with Gasteiger partial charge in [-0.1, -0.05) is 20.8 Å². The van der Waals surface area contributed by atoms with Gasteiger partial charge in [-0.25, -0.2) is 13.1 Å². The van der Waals surface area contributed by atoms with Gasteiger partial charge in [-0.15, -0.1) is 0 Å². The van der Waals surface area contributed by atoms with E-state index in [-0.39, 0.29) is 33.2 Å². The van der Waals surface area contributed by atoms with Gasteiger partial charge in [-0.3, -0.25) is 10.1 Å². The van der Waals surface area contributed by atoms with Crippen molar-refractivity contribution in [1.82, 2.24) is 4.72 Å². The lowest BCUT2D eigenvalue weighted by Crippen LogP contribution is -2.46. The molecule has 25 heavy (non-hydrogen) atoms.